The van der Waals surface area contributed by atoms with E-state index < -0.39 is 15.8 Å². The van der Waals surface area contributed by atoms with Gasteiger partial charge in [0.1, 0.15) is 5.82 Å². The van der Waals surface area contributed by atoms with Gasteiger partial charge < -0.3 is 0 Å². The number of aryl methyl sites for hydroxylation is 1. The minimum absolute atomic E-state index is 0.00259. The molecule has 0 aromatic heterocycles. The van der Waals surface area contributed by atoms with Gasteiger partial charge in [-0.3, -0.25) is 9.62 Å². The van der Waals surface area contributed by atoms with E-state index in [-0.39, 0.29) is 16.0 Å². The smallest absolute Gasteiger partial charge is 0.261 e. The Morgan fingerprint density at radius 1 is 0.952 bits per heavy atom. The molecule has 3 aromatic carbocycles. The van der Waals surface area contributed by atoms with Crippen molar-refractivity contribution >= 4 is 15.7 Å². The second-order valence-electron chi connectivity index (χ2n) is 13.6. The molecule has 42 heavy (non-hydrogen) atoms. The molecule has 1 atom stereocenters. The molecular formula is C36H47FN2O2S. The maximum Gasteiger partial charge on any atom is 0.261 e. The van der Waals surface area contributed by atoms with Gasteiger partial charge in [-0.25, -0.2) is 12.8 Å². The molecule has 2 aliphatic rings. The molecule has 6 heteroatoms. The molecule has 1 heterocycles. The van der Waals surface area contributed by atoms with Crippen molar-refractivity contribution in [2.24, 2.45) is 5.92 Å². The first kappa shape index (κ1) is 30.7. The Kier molecular flexibility index (Phi) is 9.44. The zero-order valence-electron chi connectivity index (χ0n) is 25.8. The highest BCUT2D eigenvalue weighted by atomic mass is 32.2. The van der Waals surface area contributed by atoms with E-state index >= 15 is 0 Å². The van der Waals surface area contributed by atoms with E-state index in [1.165, 1.54) is 49.3 Å². The van der Waals surface area contributed by atoms with Gasteiger partial charge in [0.15, 0.2) is 0 Å². The van der Waals surface area contributed by atoms with Crippen LogP contribution in [0.15, 0.2) is 65.6 Å². The van der Waals surface area contributed by atoms with E-state index in [1.54, 1.807) is 18.2 Å². The van der Waals surface area contributed by atoms with Crippen molar-refractivity contribution in [1.82, 2.24) is 4.90 Å². The van der Waals surface area contributed by atoms with Crippen molar-refractivity contribution in [3.05, 3.63) is 94.3 Å². The van der Waals surface area contributed by atoms with Crippen molar-refractivity contribution in [2.45, 2.75) is 108 Å². The van der Waals surface area contributed by atoms with Crippen LogP contribution in [0.2, 0.25) is 0 Å². The third-order valence-electron chi connectivity index (χ3n) is 9.33. The number of hydrogen-bond donors (Lipinski definition) is 1. The van der Waals surface area contributed by atoms with Gasteiger partial charge >= 0.3 is 0 Å². The number of sulfonamides is 1. The van der Waals surface area contributed by atoms with Crippen LogP contribution in [0.25, 0.3) is 0 Å². The van der Waals surface area contributed by atoms with Crippen molar-refractivity contribution < 1.29 is 12.8 Å². The minimum Gasteiger partial charge on any atom is -0.296 e. The summed E-state index contributed by atoms with van der Waals surface area (Å²) in [6, 6.07) is 19.6. The molecule has 0 saturated heterocycles. The van der Waals surface area contributed by atoms with Crippen LogP contribution in [0, 0.1) is 11.7 Å². The van der Waals surface area contributed by atoms with E-state index in [0.717, 1.165) is 61.4 Å². The Bertz CT molecular complexity index is 1470. The molecule has 4 nitrogen and oxygen atoms in total. The van der Waals surface area contributed by atoms with Crippen LogP contribution in [0.4, 0.5) is 10.1 Å². The lowest BCUT2D eigenvalue weighted by molar-refractivity contribution is 0.189. The van der Waals surface area contributed by atoms with Gasteiger partial charge in [0.25, 0.3) is 10.0 Å². The maximum atomic E-state index is 14.9. The Labute approximate surface area is 252 Å². The summed E-state index contributed by atoms with van der Waals surface area (Å²) in [6.07, 6.45) is 10.1. The molecule has 1 saturated carbocycles. The fourth-order valence-corrected chi connectivity index (χ4v) is 7.72. The number of halogens is 1. The third kappa shape index (κ3) is 7.62. The Hall–Kier alpha value is -2.70. The topological polar surface area (TPSA) is 49.4 Å². The largest absolute Gasteiger partial charge is 0.296 e. The first-order chi connectivity index (χ1) is 20.0. The predicted molar refractivity (Wildman–Crippen MR) is 171 cm³/mol. The molecule has 0 radical (unpaired) electrons. The predicted octanol–water partition coefficient (Wildman–Crippen LogP) is 8.43. The summed E-state index contributed by atoms with van der Waals surface area (Å²) in [5.74, 6) is 0.299. The van der Waals surface area contributed by atoms with Crippen LogP contribution in [0.5, 0.6) is 0 Å². The summed E-state index contributed by atoms with van der Waals surface area (Å²) >= 11 is 0. The molecule has 1 unspecified atom stereocenters. The fraction of sp³-hybridized carbons (Fsp3) is 0.500. The lowest BCUT2D eigenvalue weighted by Crippen LogP contribution is -2.38. The minimum atomic E-state index is -3.90. The van der Waals surface area contributed by atoms with Gasteiger partial charge in [0.05, 0.1) is 10.6 Å². The lowest BCUT2D eigenvalue weighted by atomic mass is 9.86. The van der Waals surface area contributed by atoms with Crippen molar-refractivity contribution in [3.8, 4) is 0 Å². The lowest BCUT2D eigenvalue weighted by Gasteiger charge is -2.34. The van der Waals surface area contributed by atoms with E-state index in [0.29, 0.717) is 6.04 Å². The second kappa shape index (κ2) is 12.9. The van der Waals surface area contributed by atoms with Gasteiger partial charge in [-0.1, -0.05) is 89.3 Å². The number of nitrogens with one attached hydrogen (secondary N) is 1. The number of rotatable bonds is 10. The van der Waals surface area contributed by atoms with Gasteiger partial charge in [0.2, 0.25) is 0 Å². The monoisotopic (exact) mass is 590 g/mol. The summed E-state index contributed by atoms with van der Waals surface area (Å²) in [7, 11) is -3.90. The highest BCUT2D eigenvalue weighted by Crippen LogP contribution is 2.30. The van der Waals surface area contributed by atoms with Crippen molar-refractivity contribution in [1.29, 1.82) is 0 Å². The van der Waals surface area contributed by atoms with E-state index in [9.17, 15) is 12.8 Å². The average Bonchev–Trinajstić information content (AvgIpc) is 3.47. The van der Waals surface area contributed by atoms with Crippen molar-refractivity contribution in [2.75, 3.05) is 11.3 Å². The van der Waals surface area contributed by atoms with Gasteiger partial charge in [-0.05, 0) is 96.0 Å². The molecule has 1 N–H and O–H groups in total. The van der Waals surface area contributed by atoms with Crippen LogP contribution < -0.4 is 4.72 Å². The second-order valence-corrected chi connectivity index (χ2v) is 15.3. The Morgan fingerprint density at radius 2 is 1.67 bits per heavy atom. The molecular weight excluding hydrogens is 543 g/mol. The molecule has 3 aromatic rings. The Balaban J connectivity index is 1.18. The van der Waals surface area contributed by atoms with Gasteiger partial charge in [0, 0.05) is 19.1 Å². The number of benzene rings is 3. The van der Waals surface area contributed by atoms with Crippen LogP contribution in [-0.4, -0.2) is 25.9 Å². The summed E-state index contributed by atoms with van der Waals surface area (Å²) in [5.41, 5.74) is 5.95. The van der Waals surface area contributed by atoms with Crippen molar-refractivity contribution in [3.63, 3.8) is 0 Å². The van der Waals surface area contributed by atoms with E-state index in [1.807, 2.05) is 12.1 Å². The number of anilines is 1. The molecule has 5 rings (SSSR count). The van der Waals surface area contributed by atoms with Crippen LogP contribution in [-0.2, 0) is 41.2 Å². The normalized spacial score (nSPS) is 17.3. The first-order valence-electron chi connectivity index (χ1n) is 15.7. The molecule has 1 aliphatic carbocycles. The molecule has 0 bridgehead atoms. The summed E-state index contributed by atoms with van der Waals surface area (Å²) < 4.78 is 43.8. The number of nitrogens with zero attached hydrogens (tertiary/aromatic N) is 1. The molecule has 226 valence electrons. The zero-order chi connectivity index (χ0) is 29.9. The zero-order valence-corrected chi connectivity index (χ0v) is 26.6. The molecule has 1 aliphatic heterocycles. The third-order valence-corrected chi connectivity index (χ3v) is 10.7. The van der Waals surface area contributed by atoms with Crippen LogP contribution >= 0.6 is 0 Å². The maximum absolute atomic E-state index is 14.9. The number of fused-ring (bicyclic) bond motifs is 1. The standard InChI is InChI=1S/C36H47FN2O2S/c1-26(22-29-12-16-32(17-13-29)36(2,3)4)39-21-20-30-24-33(18-15-31(30)25-39)42(40,41)38-35-19-14-28(23-34(35)37)11-7-10-27-8-5-6-9-27/h12-19,23-24,26-27,38H,5-11,20-22,25H2,1-4H3. The van der Waals surface area contributed by atoms with E-state index in [4.69, 9.17) is 0 Å². The number of hydrogen-bond acceptors (Lipinski definition) is 3. The summed E-state index contributed by atoms with van der Waals surface area (Å²) in [6.45, 7) is 10.6. The average molecular weight is 591 g/mol. The first-order valence-corrected chi connectivity index (χ1v) is 17.2. The Morgan fingerprint density at radius 3 is 2.36 bits per heavy atom. The highest BCUT2D eigenvalue weighted by Gasteiger charge is 2.24. The highest BCUT2D eigenvalue weighted by molar-refractivity contribution is 7.92. The quantitative estimate of drug-likeness (QED) is 0.258. The fourth-order valence-electron chi connectivity index (χ4n) is 6.60. The SMILES string of the molecule is CC(Cc1ccc(C(C)(C)C)cc1)N1CCc2cc(S(=O)(=O)Nc3ccc(CCCC4CCCC4)cc3F)ccc2C1. The molecule has 1 fully saturated rings. The van der Waals surface area contributed by atoms with E-state index in [2.05, 4.69) is 61.6 Å². The van der Waals surface area contributed by atoms with Gasteiger partial charge in [-0.15, -0.1) is 0 Å². The molecule has 0 amide bonds. The summed E-state index contributed by atoms with van der Waals surface area (Å²) in [4.78, 5) is 2.65. The summed E-state index contributed by atoms with van der Waals surface area (Å²) in [5, 5.41) is 0. The van der Waals surface area contributed by atoms with Gasteiger partial charge in [-0.2, -0.15) is 0 Å². The van der Waals surface area contributed by atoms with Crippen LogP contribution in [0.3, 0.4) is 0 Å². The molecule has 0 spiro atoms. The van der Waals surface area contributed by atoms with Crippen LogP contribution in [0.1, 0.15) is 94.0 Å².